The zero-order valence-electron chi connectivity index (χ0n) is 7.51. The second-order valence-corrected chi connectivity index (χ2v) is 2.47. The average Bonchev–Trinajstić information content (AvgIpc) is 2.05. The minimum atomic E-state index is 1.15. The van der Waals surface area contributed by atoms with Crippen LogP contribution in [0.3, 0.4) is 0 Å². The van der Waals surface area contributed by atoms with Gasteiger partial charge in [0.15, 0.2) is 0 Å². The van der Waals surface area contributed by atoms with Gasteiger partial charge in [0, 0.05) is 6.20 Å². The largest absolute Gasteiger partial charge is 0.273 e. The summed E-state index contributed by atoms with van der Waals surface area (Å²) in [5.74, 6) is 0. The molecule has 0 fully saturated rings. The molecule has 0 aliphatic carbocycles. The summed E-state index contributed by atoms with van der Waals surface area (Å²) >= 11 is 0. The topological polar surface area (TPSA) is 12.4 Å². The Hall–Kier alpha value is -0.850. The first-order chi connectivity index (χ1) is 5.35. The van der Waals surface area contributed by atoms with E-state index in [-0.39, 0.29) is 0 Å². The van der Waals surface area contributed by atoms with Crippen LogP contribution < -0.4 is 0 Å². The third-order valence-corrected chi connectivity index (χ3v) is 1.58. The van der Waals surface area contributed by atoms with Gasteiger partial charge in [-0.1, -0.05) is 25.0 Å². The summed E-state index contributed by atoms with van der Waals surface area (Å²) < 4.78 is 0. The lowest BCUT2D eigenvalue weighted by Crippen LogP contribution is -1.77. The van der Waals surface area contributed by atoms with E-state index in [0.29, 0.717) is 0 Å². The van der Waals surface area contributed by atoms with Crippen LogP contribution in [0, 0.1) is 0 Å². The van der Waals surface area contributed by atoms with Gasteiger partial charge in [0.05, 0.1) is 0 Å². The third kappa shape index (κ3) is 5.59. The van der Waals surface area contributed by atoms with Gasteiger partial charge >= 0.3 is 0 Å². The highest BCUT2D eigenvalue weighted by Crippen LogP contribution is 2.08. The molecule has 1 nitrogen and oxygen atoms in total. The van der Waals surface area contributed by atoms with Crippen molar-refractivity contribution in [2.45, 2.75) is 33.1 Å². The van der Waals surface area contributed by atoms with Crippen LogP contribution in [0.15, 0.2) is 28.9 Å². The molecule has 0 heterocycles. The lowest BCUT2D eigenvalue weighted by atomic mass is 10.1. The van der Waals surface area contributed by atoms with Crippen LogP contribution in [-0.2, 0) is 0 Å². The highest BCUT2D eigenvalue weighted by Gasteiger charge is 1.88. The molecule has 0 saturated carbocycles. The summed E-state index contributed by atoms with van der Waals surface area (Å²) in [6.07, 6.45) is 9.53. The SMILES string of the molecule is C=N/C=C\C(=C/C)CCCC. The Kier molecular flexibility index (Phi) is 6.70. The fourth-order valence-electron chi connectivity index (χ4n) is 0.853. The summed E-state index contributed by atoms with van der Waals surface area (Å²) in [6.45, 7) is 7.63. The molecule has 0 aromatic heterocycles. The molecule has 0 rings (SSSR count). The zero-order chi connectivity index (χ0) is 8.53. The molecule has 0 radical (unpaired) electrons. The van der Waals surface area contributed by atoms with Crippen molar-refractivity contribution in [1.29, 1.82) is 0 Å². The standard InChI is InChI=1S/C10H17N/c1-4-6-7-10(5-2)8-9-11-3/h5,8-9H,3-4,6-7H2,1-2H3/b9-8-,10-5-. The molecule has 0 saturated heterocycles. The van der Waals surface area contributed by atoms with Gasteiger partial charge < -0.3 is 0 Å². The van der Waals surface area contributed by atoms with Gasteiger partial charge in [-0.2, -0.15) is 0 Å². The van der Waals surface area contributed by atoms with Crippen molar-refractivity contribution >= 4 is 6.72 Å². The molecule has 11 heavy (non-hydrogen) atoms. The Morgan fingerprint density at radius 3 is 2.73 bits per heavy atom. The molecule has 1 heteroatoms. The van der Waals surface area contributed by atoms with Crippen molar-refractivity contribution < 1.29 is 0 Å². The normalized spacial score (nSPS) is 12.4. The van der Waals surface area contributed by atoms with Gasteiger partial charge in [0.1, 0.15) is 0 Å². The first-order valence-corrected chi connectivity index (χ1v) is 4.12. The van der Waals surface area contributed by atoms with Crippen LogP contribution in [0.1, 0.15) is 33.1 Å². The summed E-state index contributed by atoms with van der Waals surface area (Å²) in [5.41, 5.74) is 1.35. The number of nitrogens with zero attached hydrogens (tertiary/aromatic N) is 1. The minimum absolute atomic E-state index is 1.15. The van der Waals surface area contributed by atoms with E-state index < -0.39 is 0 Å². The maximum Gasteiger partial charge on any atom is 0.0263 e. The fourth-order valence-corrected chi connectivity index (χ4v) is 0.853. The number of aliphatic imine (C=N–C) groups is 1. The highest BCUT2D eigenvalue weighted by molar-refractivity contribution is 5.27. The van der Waals surface area contributed by atoms with Crippen molar-refractivity contribution in [1.82, 2.24) is 0 Å². The maximum absolute atomic E-state index is 3.66. The molecule has 0 aromatic carbocycles. The van der Waals surface area contributed by atoms with Crippen LogP contribution in [0.25, 0.3) is 0 Å². The summed E-state index contributed by atoms with van der Waals surface area (Å²) in [7, 11) is 0. The van der Waals surface area contributed by atoms with Gasteiger partial charge in [-0.3, -0.25) is 4.99 Å². The van der Waals surface area contributed by atoms with Crippen molar-refractivity contribution in [3.63, 3.8) is 0 Å². The molecule has 0 aliphatic rings. The summed E-state index contributed by atoms with van der Waals surface area (Å²) in [6, 6.07) is 0. The second kappa shape index (κ2) is 7.26. The van der Waals surface area contributed by atoms with E-state index >= 15 is 0 Å². The molecule has 0 spiro atoms. The van der Waals surface area contributed by atoms with E-state index in [1.165, 1.54) is 18.4 Å². The van der Waals surface area contributed by atoms with Crippen LogP contribution in [0.5, 0.6) is 0 Å². The van der Waals surface area contributed by atoms with E-state index in [1.807, 2.05) is 6.08 Å². The Bertz CT molecular complexity index is 154. The van der Waals surface area contributed by atoms with E-state index in [2.05, 4.69) is 31.6 Å². The lowest BCUT2D eigenvalue weighted by Gasteiger charge is -1.97. The first-order valence-electron chi connectivity index (χ1n) is 4.12. The molecule has 0 atom stereocenters. The fraction of sp³-hybridized carbons (Fsp3) is 0.500. The Labute approximate surface area is 69.5 Å². The summed E-state index contributed by atoms with van der Waals surface area (Å²) in [4.78, 5) is 3.66. The molecule has 0 bridgehead atoms. The Morgan fingerprint density at radius 2 is 2.27 bits per heavy atom. The molecule has 0 amide bonds. The predicted octanol–water partition coefficient (Wildman–Crippen LogP) is 3.34. The quantitative estimate of drug-likeness (QED) is 0.422. The number of allylic oxidation sites excluding steroid dienone is 3. The number of unbranched alkanes of at least 4 members (excludes halogenated alkanes) is 1. The Morgan fingerprint density at radius 1 is 1.55 bits per heavy atom. The predicted molar refractivity (Wildman–Crippen MR) is 52.0 cm³/mol. The molecule has 0 unspecified atom stereocenters. The van der Waals surface area contributed by atoms with Crippen LogP contribution in [0.2, 0.25) is 0 Å². The van der Waals surface area contributed by atoms with Gasteiger partial charge in [-0.05, 0) is 32.6 Å². The van der Waals surface area contributed by atoms with Gasteiger partial charge in [-0.15, -0.1) is 0 Å². The van der Waals surface area contributed by atoms with E-state index in [4.69, 9.17) is 0 Å². The van der Waals surface area contributed by atoms with E-state index in [1.54, 1.807) is 6.20 Å². The van der Waals surface area contributed by atoms with Crippen LogP contribution in [-0.4, -0.2) is 6.72 Å². The summed E-state index contributed by atoms with van der Waals surface area (Å²) in [5, 5.41) is 0. The van der Waals surface area contributed by atoms with Gasteiger partial charge in [0.2, 0.25) is 0 Å². The van der Waals surface area contributed by atoms with Crippen molar-refractivity contribution in [3.05, 3.63) is 23.9 Å². The Balaban J connectivity index is 3.77. The molecule has 0 aliphatic heterocycles. The van der Waals surface area contributed by atoms with Gasteiger partial charge in [-0.25, -0.2) is 0 Å². The van der Waals surface area contributed by atoms with Crippen LogP contribution >= 0.6 is 0 Å². The molecule has 0 aromatic rings. The van der Waals surface area contributed by atoms with Crippen molar-refractivity contribution in [3.8, 4) is 0 Å². The molecular formula is C10H17N. The number of hydrogen-bond acceptors (Lipinski definition) is 1. The van der Waals surface area contributed by atoms with Crippen molar-refractivity contribution in [2.75, 3.05) is 0 Å². The zero-order valence-corrected chi connectivity index (χ0v) is 7.51. The maximum atomic E-state index is 3.66. The first kappa shape index (κ1) is 10.2. The lowest BCUT2D eigenvalue weighted by molar-refractivity contribution is 0.797. The van der Waals surface area contributed by atoms with Crippen LogP contribution in [0.4, 0.5) is 0 Å². The molecule has 0 N–H and O–H groups in total. The third-order valence-electron chi connectivity index (χ3n) is 1.58. The van der Waals surface area contributed by atoms with E-state index in [0.717, 1.165) is 6.42 Å². The smallest absolute Gasteiger partial charge is 0.0263 e. The molecule has 62 valence electrons. The monoisotopic (exact) mass is 151 g/mol. The van der Waals surface area contributed by atoms with E-state index in [9.17, 15) is 0 Å². The number of rotatable bonds is 5. The second-order valence-electron chi connectivity index (χ2n) is 2.47. The number of hydrogen-bond donors (Lipinski definition) is 0. The average molecular weight is 151 g/mol. The molecular weight excluding hydrogens is 134 g/mol. The van der Waals surface area contributed by atoms with Gasteiger partial charge in [0.25, 0.3) is 0 Å². The minimum Gasteiger partial charge on any atom is -0.273 e. The highest BCUT2D eigenvalue weighted by atomic mass is 14.6. The van der Waals surface area contributed by atoms with Crippen molar-refractivity contribution in [2.24, 2.45) is 4.99 Å².